The highest BCUT2D eigenvalue weighted by molar-refractivity contribution is 5.80. The molecule has 1 unspecified atom stereocenters. The fraction of sp³-hybridized carbons (Fsp3) is 0.481. The first-order valence-electron chi connectivity index (χ1n) is 12.5. The Morgan fingerprint density at radius 3 is 2.65 bits per heavy atom. The van der Waals surface area contributed by atoms with E-state index in [-0.39, 0.29) is 17.4 Å². The molecule has 1 N–H and O–H groups in total. The van der Waals surface area contributed by atoms with Crippen molar-refractivity contribution in [2.75, 3.05) is 18.0 Å². The Kier molecular flexibility index (Phi) is 6.61. The van der Waals surface area contributed by atoms with Crippen LogP contribution < -0.4 is 15.8 Å². The molecule has 3 heterocycles. The van der Waals surface area contributed by atoms with Crippen molar-refractivity contribution in [3.05, 3.63) is 64.1 Å². The van der Waals surface area contributed by atoms with Gasteiger partial charge in [-0.2, -0.15) is 0 Å². The summed E-state index contributed by atoms with van der Waals surface area (Å²) in [5, 5.41) is 3.27. The van der Waals surface area contributed by atoms with Crippen LogP contribution in [-0.2, 0) is 11.3 Å². The molecule has 1 aromatic carbocycles. The summed E-state index contributed by atoms with van der Waals surface area (Å²) in [7, 11) is 0. The van der Waals surface area contributed by atoms with Crippen molar-refractivity contribution in [3.8, 4) is 0 Å². The average Bonchev–Trinajstić information content (AvgIpc) is 2.87. The Morgan fingerprint density at radius 1 is 1.06 bits per heavy atom. The standard InChI is InChI=1S/C27H33N5O2/c1-19-11-13-20(14-12-19)17-32-24-23(10-5-15-28-24)30-25(27(32)34)31-16-6-7-21(18-31)26(33)29-22-8-3-2-4-9-22/h5,10-15,21-22H,2-4,6-9,16-18H2,1H3,(H,29,33). The van der Waals surface area contributed by atoms with E-state index in [1.54, 1.807) is 10.8 Å². The van der Waals surface area contributed by atoms with Crippen molar-refractivity contribution >= 4 is 22.9 Å². The van der Waals surface area contributed by atoms with Crippen molar-refractivity contribution < 1.29 is 4.79 Å². The zero-order valence-corrected chi connectivity index (χ0v) is 19.9. The summed E-state index contributed by atoms with van der Waals surface area (Å²) in [4.78, 5) is 37.9. The van der Waals surface area contributed by atoms with Crippen LogP contribution >= 0.6 is 0 Å². The highest BCUT2D eigenvalue weighted by atomic mass is 16.2. The summed E-state index contributed by atoms with van der Waals surface area (Å²) in [6.07, 6.45) is 9.21. The molecule has 0 radical (unpaired) electrons. The van der Waals surface area contributed by atoms with Crippen LogP contribution in [-0.4, -0.2) is 39.6 Å². The van der Waals surface area contributed by atoms with Gasteiger partial charge in [0.05, 0.1) is 12.5 Å². The van der Waals surface area contributed by atoms with Crippen LogP contribution in [0.1, 0.15) is 56.1 Å². The van der Waals surface area contributed by atoms with Gasteiger partial charge in [-0.1, -0.05) is 49.1 Å². The molecule has 5 rings (SSSR count). The van der Waals surface area contributed by atoms with Gasteiger partial charge in [-0.25, -0.2) is 9.97 Å². The number of amides is 1. The number of carbonyl (C=O) groups is 1. The van der Waals surface area contributed by atoms with Gasteiger partial charge >= 0.3 is 0 Å². The second-order valence-corrected chi connectivity index (χ2v) is 9.79. The van der Waals surface area contributed by atoms with Crippen LogP contribution in [0.2, 0.25) is 0 Å². The summed E-state index contributed by atoms with van der Waals surface area (Å²) < 4.78 is 1.72. The number of benzene rings is 1. The number of carbonyl (C=O) groups excluding carboxylic acids is 1. The molecule has 178 valence electrons. The fourth-order valence-electron chi connectivity index (χ4n) is 5.24. The highest BCUT2D eigenvalue weighted by Crippen LogP contribution is 2.23. The summed E-state index contributed by atoms with van der Waals surface area (Å²) >= 11 is 0. The van der Waals surface area contributed by atoms with E-state index in [0.717, 1.165) is 37.8 Å². The smallest absolute Gasteiger partial charge is 0.295 e. The lowest BCUT2D eigenvalue weighted by Crippen LogP contribution is -2.48. The van der Waals surface area contributed by atoms with Gasteiger partial charge in [0.2, 0.25) is 5.91 Å². The monoisotopic (exact) mass is 459 g/mol. The number of nitrogens with zero attached hydrogens (tertiary/aromatic N) is 4. The van der Waals surface area contributed by atoms with E-state index in [1.165, 1.54) is 24.8 Å². The molecular weight excluding hydrogens is 426 g/mol. The number of pyridine rings is 1. The molecule has 0 bridgehead atoms. The lowest BCUT2D eigenvalue weighted by atomic mass is 9.93. The Bertz CT molecular complexity index is 1210. The van der Waals surface area contributed by atoms with Gasteiger partial charge in [-0.3, -0.25) is 14.2 Å². The van der Waals surface area contributed by atoms with E-state index in [1.807, 2.05) is 29.2 Å². The third kappa shape index (κ3) is 4.83. The summed E-state index contributed by atoms with van der Waals surface area (Å²) in [6, 6.07) is 12.2. The third-order valence-electron chi connectivity index (χ3n) is 7.19. The number of aryl methyl sites for hydroxylation is 1. The van der Waals surface area contributed by atoms with Crippen LogP contribution in [0.15, 0.2) is 47.4 Å². The Morgan fingerprint density at radius 2 is 1.85 bits per heavy atom. The minimum absolute atomic E-state index is 0.118. The van der Waals surface area contributed by atoms with Crippen LogP contribution in [0, 0.1) is 12.8 Å². The van der Waals surface area contributed by atoms with Crippen LogP contribution in [0.4, 0.5) is 5.82 Å². The molecule has 1 aliphatic heterocycles. The molecule has 7 heteroatoms. The number of fused-ring (bicyclic) bond motifs is 1. The molecule has 1 atom stereocenters. The predicted molar refractivity (Wildman–Crippen MR) is 134 cm³/mol. The van der Waals surface area contributed by atoms with Crippen LogP contribution in [0.3, 0.4) is 0 Å². The van der Waals surface area contributed by atoms with Gasteiger partial charge < -0.3 is 10.2 Å². The van der Waals surface area contributed by atoms with Gasteiger partial charge in [0.15, 0.2) is 11.5 Å². The maximum atomic E-state index is 13.7. The van der Waals surface area contributed by atoms with Crippen LogP contribution in [0.5, 0.6) is 0 Å². The maximum Gasteiger partial charge on any atom is 0.295 e. The van der Waals surface area contributed by atoms with E-state index < -0.39 is 0 Å². The zero-order valence-electron chi connectivity index (χ0n) is 19.9. The fourth-order valence-corrected chi connectivity index (χ4v) is 5.24. The first kappa shape index (κ1) is 22.6. The topological polar surface area (TPSA) is 80.1 Å². The Balaban J connectivity index is 1.42. The lowest BCUT2D eigenvalue weighted by molar-refractivity contribution is -0.126. The van der Waals surface area contributed by atoms with Gasteiger partial charge in [-0.15, -0.1) is 0 Å². The van der Waals surface area contributed by atoms with Crippen LogP contribution in [0.25, 0.3) is 11.2 Å². The zero-order chi connectivity index (χ0) is 23.5. The molecule has 0 spiro atoms. The first-order valence-corrected chi connectivity index (χ1v) is 12.5. The third-order valence-corrected chi connectivity index (χ3v) is 7.19. The molecule has 34 heavy (non-hydrogen) atoms. The van der Waals surface area contributed by atoms with Gasteiger partial charge in [0.1, 0.15) is 5.52 Å². The number of piperidine rings is 1. The van der Waals surface area contributed by atoms with E-state index in [0.29, 0.717) is 36.1 Å². The van der Waals surface area contributed by atoms with E-state index in [4.69, 9.17) is 4.98 Å². The lowest BCUT2D eigenvalue weighted by Gasteiger charge is -2.34. The van der Waals surface area contributed by atoms with Crippen molar-refractivity contribution in [3.63, 3.8) is 0 Å². The van der Waals surface area contributed by atoms with E-state index in [9.17, 15) is 9.59 Å². The molecule has 2 aromatic heterocycles. The molecular formula is C27H33N5O2. The summed E-state index contributed by atoms with van der Waals surface area (Å²) in [5.74, 6) is 0.425. The number of anilines is 1. The molecule has 2 fully saturated rings. The Hall–Kier alpha value is -3.22. The molecule has 7 nitrogen and oxygen atoms in total. The van der Waals surface area contributed by atoms with Crippen molar-refractivity contribution in [2.24, 2.45) is 5.92 Å². The quantitative estimate of drug-likeness (QED) is 0.628. The number of hydrogen-bond acceptors (Lipinski definition) is 5. The van der Waals surface area contributed by atoms with E-state index in [2.05, 4.69) is 29.4 Å². The van der Waals surface area contributed by atoms with Gasteiger partial charge in [0.25, 0.3) is 5.56 Å². The minimum Gasteiger partial charge on any atom is -0.353 e. The number of aromatic nitrogens is 3. The highest BCUT2D eigenvalue weighted by Gasteiger charge is 2.30. The van der Waals surface area contributed by atoms with Crippen molar-refractivity contribution in [1.29, 1.82) is 0 Å². The first-order chi connectivity index (χ1) is 16.6. The second kappa shape index (κ2) is 9.95. The predicted octanol–water partition coefficient (Wildman–Crippen LogP) is 3.81. The Labute approximate surface area is 200 Å². The second-order valence-electron chi connectivity index (χ2n) is 9.79. The summed E-state index contributed by atoms with van der Waals surface area (Å²) in [5.41, 5.74) is 3.35. The SMILES string of the molecule is Cc1ccc(Cn2c(=O)c(N3CCCC(C(=O)NC4CCCCC4)C3)nc3cccnc32)cc1. The maximum absolute atomic E-state index is 13.7. The van der Waals surface area contributed by atoms with Gasteiger partial charge in [-0.05, 0) is 50.3 Å². The molecule has 2 aliphatic rings. The molecule has 1 amide bonds. The number of hydrogen-bond donors (Lipinski definition) is 1. The largest absolute Gasteiger partial charge is 0.353 e. The molecule has 1 saturated carbocycles. The minimum atomic E-state index is -0.153. The number of rotatable bonds is 5. The number of nitrogens with one attached hydrogen (secondary N) is 1. The molecule has 1 saturated heterocycles. The van der Waals surface area contributed by atoms with Crippen molar-refractivity contribution in [2.45, 2.75) is 64.5 Å². The average molecular weight is 460 g/mol. The van der Waals surface area contributed by atoms with E-state index >= 15 is 0 Å². The molecule has 3 aromatic rings. The van der Waals surface area contributed by atoms with Gasteiger partial charge in [0, 0.05) is 25.3 Å². The summed E-state index contributed by atoms with van der Waals surface area (Å²) in [6.45, 7) is 3.74. The van der Waals surface area contributed by atoms with Crippen molar-refractivity contribution in [1.82, 2.24) is 19.9 Å². The molecule has 1 aliphatic carbocycles. The normalized spacial score (nSPS) is 19.3.